The highest BCUT2D eigenvalue weighted by Crippen LogP contribution is 2.49. The van der Waals surface area contributed by atoms with Crippen LogP contribution in [0.4, 0.5) is 11.5 Å². The number of nitrogen functional groups attached to an aromatic ring is 1. The molecule has 4 aliphatic rings. The second kappa shape index (κ2) is 7.54. The first kappa shape index (κ1) is 22.3. The van der Waals surface area contributed by atoms with Crippen LogP contribution in [0.2, 0.25) is 0 Å². The number of fused-ring (bicyclic) bond motifs is 4. The molecule has 36 heavy (non-hydrogen) atoms. The van der Waals surface area contributed by atoms with Gasteiger partial charge in [0.1, 0.15) is 11.3 Å². The minimum Gasteiger partial charge on any atom is -0.382 e. The Kier molecular flexibility index (Phi) is 4.67. The molecule has 2 aliphatic heterocycles. The summed E-state index contributed by atoms with van der Waals surface area (Å²) in [5, 5.41) is 0. The van der Waals surface area contributed by atoms with Crippen LogP contribution in [-0.4, -0.2) is 50.0 Å². The molecule has 3 aromatic rings. The molecule has 3 fully saturated rings. The highest BCUT2D eigenvalue weighted by Gasteiger charge is 2.52. The molecule has 1 aromatic carbocycles. The van der Waals surface area contributed by atoms with Crippen molar-refractivity contribution in [2.75, 3.05) is 17.2 Å². The van der Waals surface area contributed by atoms with Crippen molar-refractivity contribution < 1.29 is 4.79 Å². The fraction of sp³-hybridized carbons (Fsp3) is 0.552. The van der Waals surface area contributed by atoms with Gasteiger partial charge in [0, 0.05) is 42.0 Å². The van der Waals surface area contributed by atoms with Gasteiger partial charge in [0.25, 0.3) is 0 Å². The maximum absolute atomic E-state index is 13.7. The van der Waals surface area contributed by atoms with Gasteiger partial charge in [-0.3, -0.25) is 9.69 Å². The van der Waals surface area contributed by atoms with Crippen molar-refractivity contribution >= 4 is 28.4 Å². The molecular weight excluding hydrogens is 448 g/mol. The van der Waals surface area contributed by atoms with Crippen LogP contribution in [0.3, 0.4) is 0 Å². The van der Waals surface area contributed by atoms with E-state index >= 15 is 0 Å². The van der Waals surface area contributed by atoms with Crippen LogP contribution in [0.15, 0.2) is 30.6 Å². The van der Waals surface area contributed by atoms with Crippen LogP contribution < -0.4 is 10.6 Å². The number of likely N-dealkylation sites (tertiary alicyclic amines) is 1. The molecule has 1 amide bonds. The zero-order valence-electron chi connectivity index (χ0n) is 21.7. The predicted octanol–water partition coefficient (Wildman–Crippen LogP) is 4.90. The zero-order valence-corrected chi connectivity index (χ0v) is 21.7. The smallest absolute Gasteiger partial charge is 0.237 e. The molecule has 1 saturated heterocycles. The van der Waals surface area contributed by atoms with Gasteiger partial charge in [0.05, 0.1) is 23.0 Å². The second-order valence-electron chi connectivity index (χ2n) is 12.3. The summed E-state index contributed by atoms with van der Waals surface area (Å²) in [6.07, 6.45) is 8.16. The molecule has 2 N–H and O–H groups in total. The third kappa shape index (κ3) is 3.04. The summed E-state index contributed by atoms with van der Waals surface area (Å²) in [7, 11) is 0. The molecule has 2 atom stereocenters. The summed E-state index contributed by atoms with van der Waals surface area (Å²) < 4.78 is 2.06. The lowest BCUT2D eigenvalue weighted by atomic mass is 9.82. The predicted molar refractivity (Wildman–Crippen MR) is 143 cm³/mol. The van der Waals surface area contributed by atoms with Gasteiger partial charge in [0.2, 0.25) is 5.91 Å². The molecule has 0 radical (unpaired) electrons. The van der Waals surface area contributed by atoms with Crippen molar-refractivity contribution in [3.8, 4) is 11.3 Å². The van der Waals surface area contributed by atoms with Crippen LogP contribution in [0.25, 0.3) is 22.3 Å². The average molecular weight is 485 g/mol. The normalized spacial score (nSPS) is 28.9. The van der Waals surface area contributed by atoms with Crippen LogP contribution in [0.5, 0.6) is 0 Å². The van der Waals surface area contributed by atoms with Gasteiger partial charge in [-0.05, 0) is 83.4 Å². The fourth-order valence-corrected chi connectivity index (χ4v) is 7.39. The van der Waals surface area contributed by atoms with Gasteiger partial charge in [0.15, 0.2) is 0 Å². The number of piperidine rings is 1. The highest BCUT2D eigenvalue weighted by molar-refractivity contribution is 6.08. The second-order valence-corrected chi connectivity index (χ2v) is 12.3. The first-order chi connectivity index (χ1) is 17.2. The molecule has 2 aliphatic carbocycles. The summed E-state index contributed by atoms with van der Waals surface area (Å²) in [4.78, 5) is 27.9. The SMILES string of the molecule is CC(C)n1cnc2cc(-c3ccc4c(c3)N(C3CC(N5C[C@H]6CC[C@@H]5C6)C3)C(=O)C4(C)C)nc(N)c21. The summed E-state index contributed by atoms with van der Waals surface area (Å²) >= 11 is 0. The lowest BCUT2D eigenvalue weighted by Gasteiger charge is -2.48. The van der Waals surface area contributed by atoms with E-state index in [0.29, 0.717) is 11.9 Å². The summed E-state index contributed by atoms with van der Waals surface area (Å²) in [6, 6.07) is 10.3. The van der Waals surface area contributed by atoms with Crippen LogP contribution >= 0.6 is 0 Å². The lowest BCUT2D eigenvalue weighted by Crippen LogP contribution is -2.57. The van der Waals surface area contributed by atoms with Gasteiger partial charge < -0.3 is 15.2 Å². The quantitative estimate of drug-likeness (QED) is 0.570. The third-order valence-electron chi connectivity index (χ3n) is 9.49. The average Bonchev–Trinajstić information content (AvgIpc) is 3.58. The molecule has 4 heterocycles. The maximum Gasteiger partial charge on any atom is 0.237 e. The van der Waals surface area contributed by atoms with Gasteiger partial charge in [-0.1, -0.05) is 12.1 Å². The summed E-state index contributed by atoms with van der Waals surface area (Å²) in [6.45, 7) is 9.61. The van der Waals surface area contributed by atoms with Crippen molar-refractivity contribution in [2.45, 2.75) is 89.4 Å². The number of imidazole rings is 1. The number of anilines is 2. The highest BCUT2D eigenvalue weighted by atomic mass is 16.2. The van der Waals surface area contributed by atoms with Gasteiger partial charge in [-0.2, -0.15) is 0 Å². The Labute approximate surface area is 212 Å². The Balaban J connectivity index is 1.21. The number of aromatic nitrogens is 3. The molecular formula is C29H36N6O. The van der Waals surface area contributed by atoms with E-state index in [1.54, 1.807) is 0 Å². The van der Waals surface area contributed by atoms with E-state index in [2.05, 4.69) is 65.2 Å². The number of hydrogen-bond acceptors (Lipinski definition) is 5. The standard InChI is InChI=1S/C29H36N6O/c1-16(2)34-15-31-24-13-23(32-27(30)26(24)34)18-6-8-22-25(10-18)35(28(36)29(22,3)4)21-11-20(12-21)33-14-17-5-7-19(33)9-17/h6,8,10,13,15-17,19-21H,5,7,9,11-12,14H2,1-4H3,(H2,30,32)/t17-,19+,20?,21?/m0/s1. The van der Waals surface area contributed by atoms with Gasteiger partial charge in [-0.15, -0.1) is 0 Å². The lowest BCUT2D eigenvalue weighted by molar-refractivity contribution is -0.123. The van der Waals surface area contributed by atoms with E-state index < -0.39 is 5.41 Å². The van der Waals surface area contributed by atoms with E-state index in [9.17, 15) is 4.79 Å². The van der Waals surface area contributed by atoms with Crippen LogP contribution in [0, 0.1) is 5.92 Å². The monoisotopic (exact) mass is 484 g/mol. The van der Waals surface area contributed by atoms with E-state index in [1.807, 2.05) is 12.4 Å². The molecule has 7 rings (SSSR count). The Morgan fingerprint density at radius 2 is 1.86 bits per heavy atom. The maximum atomic E-state index is 13.7. The Bertz CT molecular complexity index is 1380. The van der Waals surface area contributed by atoms with Crippen LogP contribution in [0.1, 0.15) is 71.4 Å². The summed E-state index contributed by atoms with van der Waals surface area (Å²) in [5.41, 5.74) is 11.6. The van der Waals surface area contributed by atoms with Crippen molar-refractivity contribution in [3.05, 3.63) is 36.2 Å². The Hall–Kier alpha value is -2.93. The van der Waals surface area contributed by atoms with Crippen LogP contribution in [-0.2, 0) is 10.2 Å². The molecule has 0 spiro atoms. The number of carbonyl (C=O) groups excluding carboxylic acids is 1. The summed E-state index contributed by atoms with van der Waals surface area (Å²) in [5.74, 6) is 1.62. The van der Waals surface area contributed by atoms with E-state index in [1.165, 1.54) is 25.8 Å². The largest absolute Gasteiger partial charge is 0.382 e. The Morgan fingerprint density at radius 1 is 1.06 bits per heavy atom. The van der Waals surface area contributed by atoms with E-state index in [-0.39, 0.29) is 18.0 Å². The number of amides is 1. The van der Waals surface area contributed by atoms with Crippen molar-refractivity contribution in [1.29, 1.82) is 0 Å². The molecule has 2 saturated carbocycles. The van der Waals surface area contributed by atoms with E-state index in [4.69, 9.17) is 10.7 Å². The van der Waals surface area contributed by atoms with Crippen molar-refractivity contribution in [3.63, 3.8) is 0 Å². The number of hydrogen-bond donors (Lipinski definition) is 1. The molecule has 2 aromatic heterocycles. The zero-order chi connectivity index (χ0) is 24.9. The molecule has 0 unspecified atom stereocenters. The molecule has 7 heteroatoms. The first-order valence-electron chi connectivity index (χ1n) is 13.6. The van der Waals surface area contributed by atoms with E-state index in [0.717, 1.165) is 58.3 Å². The first-order valence-corrected chi connectivity index (χ1v) is 13.6. The Morgan fingerprint density at radius 3 is 2.56 bits per heavy atom. The van der Waals surface area contributed by atoms with Crippen molar-refractivity contribution in [1.82, 2.24) is 19.4 Å². The topological polar surface area (TPSA) is 80.3 Å². The number of carbonyl (C=O) groups is 1. The minimum atomic E-state index is -0.516. The molecule has 2 bridgehead atoms. The number of nitrogens with two attached hydrogens (primary N) is 1. The number of benzene rings is 1. The fourth-order valence-electron chi connectivity index (χ4n) is 7.39. The van der Waals surface area contributed by atoms with Crippen molar-refractivity contribution in [2.24, 2.45) is 5.92 Å². The molecule has 7 nitrogen and oxygen atoms in total. The molecule has 188 valence electrons. The number of pyridine rings is 1. The minimum absolute atomic E-state index is 0.222. The number of nitrogens with zero attached hydrogens (tertiary/aromatic N) is 5. The van der Waals surface area contributed by atoms with Gasteiger partial charge in [-0.25, -0.2) is 9.97 Å². The number of rotatable bonds is 4. The third-order valence-corrected chi connectivity index (χ3v) is 9.49. The van der Waals surface area contributed by atoms with Gasteiger partial charge >= 0.3 is 0 Å².